The Morgan fingerprint density at radius 1 is 0.492 bits per heavy atom. The lowest BCUT2D eigenvalue weighted by molar-refractivity contribution is -0.870. The molecule has 0 amide bonds. The van der Waals surface area contributed by atoms with Crippen LogP contribution in [-0.4, -0.2) is 70.7 Å². The number of rotatable bonds is 48. The van der Waals surface area contributed by atoms with Gasteiger partial charge in [-0.1, -0.05) is 195 Å². The molecule has 0 aromatic heterocycles. The van der Waals surface area contributed by atoms with Crippen LogP contribution < -0.4 is 4.89 Å². The van der Waals surface area contributed by atoms with Crippen LogP contribution in [0.1, 0.15) is 206 Å². The van der Waals surface area contributed by atoms with E-state index in [2.05, 4.69) is 98.9 Å². The van der Waals surface area contributed by atoms with Crippen LogP contribution in [0.2, 0.25) is 0 Å². The first-order valence-corrected chi connectivity index (χ1v) is 27.8. The number of esters is 1. The first-order chi connectivity index (χ1) is 31.6. The van der Waals surface area contributed by atoms with Crippen LogP contribution in [0, 0.1) is 0 Å². The van der Waals surface area contributed by atoms with E-state index in [1.807, 2.05) is 21.1 Å². The van der Waals surface area contributed by atoms with E-state index in [-0.39, 0.29) is 25.8 Å². The van der Waals surface area contributed by atoms with E-state index >= 15 is 0 Å². The number of unbranched alkanes of at least 4 members (excludes halogenated alkanes) is 20. The number of phosphoric ester groups is 1. The van der Waals surface area contributed by atoms with Gasteiger partial charge in [-0.15, -0.1) is 0 Å². The predicted octanol–water partition coefficient (Wildman–Crippen LogP) is 15.8. The van der Waals surface area contributed by atoms with Gasteiger partial charge in [-0.25, -0.2) is 0 Å². The van der Waals surface area contributed by atoms with Crippen LogP contribution in [0.15, 0.2) is 85.1 Å². The van der Waals surface area contributed by atoms with Crippen molar-refractivity contribution in [3.8, 4) is 0 Å². The molecule has 2 atom stereocenters. The Morgan fingerprint density at radius 2 is 0.892 bits per heavy atom. The third-order valence-electron chi connectivity index (χ3n) is 10.9. The summed E-state index contributed by atoms with van der Waals surface area (Å²) in [6.07, 6.45) is 64.6. The van der Waals surface area contributed by atoms with Gasteiger partial charge in [-0.3, -0.25) is 9.36 Å². The molecule has 0 aliphatic rings. The Bertz CT molecular complexity index is 1310. The van der Waals surface area contributed by atoms with Crippen LogP contribution in [-0.2, 0) is 27.9 Å². The van der Waals surface area contributed by atoms with Gasteiger partial charge in [0.1, 0.15) is 19.3 Å². The van der Waals surface area contributed by atoms with E-state index in [4.69, 9.17) is 18.5 Å². The zero-order chi connectivity index (χ0) is 47.6. The molecule has 0 saturated heterocycles. The van der Waals surface area contributed by atoms with E-state index in [0.29, 0.717) is 24.1 Å². The van der Waals surface area contributed by atoms with Gasteiger partial charge < -0.3 is 27.9 Å². The largest absolute Gasteiger partial charge is 0.756 e. The lowest BCUT2D eigenvalue weighted by atomic mass is 10.1. The number of allylic oxidation sites excluding steroid dienone is 14. The van der Waals surface area contributed by atoms with Crippen molar-refractivity contribution in [2.45, 2.75) is 213 Å². The summed E-state index contributed by atoms with van der Waals surface area (Å²) in [6.45, 7) is 5.24. The second-order valence-corrected chi connectivity index (χ2v) is 19.9. The van der Waals surface area contributed by atoms with Gasteiger partial charge in [0.25, 0.3) is 7.82 Å². The van der Waals surface area contributed by atoms with E-state index in [1.165, 1.54) is 103 Å². The Morgan fingerprint density at radius 3 is 1.35 bits per heavy atom. The lowest BCUT2D eigenvalue weighted by Gasteiger charge is -2.28. The molecule has 9 heteroatoms. The van der Waals surface area contributed by atoms with Crippen LogP contribution in [0.25, 0.3) is 0 Å². The number of likely N-dealkylation sites (N-methyl/N-ethyl adjacent to an activating group) is 1. The molecule has 0 rings (SSSR count). The summed E-state index contributed by atoms with van der Waals surface area (Å²) in [5.41, 5.74) is 0. The molecule has 0 aliphatic heterocycles. The molecule has 376 valence electrons. The summed E-state index contributed by atoms with van der Waals surface area (Å²) in [5, 5.41) is 0. The number of hydrogen-bond donors (Lipinski definition) is 0. The highest BCUT2D eigenvalue weighted by Crippen LogP contribution is 2.38. The first kappa shape index (κ1) is 62.7. The van der Waals surface area contributed by atoms with E-state index < -0.39 is 13.9 Å². The number of quaternary nitrogens is 1. The zero-order valence-corrected chi connectivity index (χ0v) is 43.6. The van der Waals surface area contributed by atoms with Crippen molar-refractivity contribution in [1.82, 2.24) is 0 Å². The normalized spacial score (nSPS) is 14.2. The van der Waals surface area contributed by atoms with E-state index in [1.54, 1.807) is 0 Å². The number of nitrogens with zero attached hydrogens (tertiary/aromatic N) is 1. The van der Waals surface area contributed by atoms with Crippen molar-refractivity contribution in [2.24, 2.45) is 0 Å². The monoisotopic (exact) mass is 930 g/mol. The Hall–Kier alpha value is -2.32. The number of carbonyl (C=O) groups excluding carboxylic acids is 1. The van der Waals surface area contributed by atoms with Crippen molar-refractivity contribution in [2.75, 3.05) is 54.1 Å². The molecule has 2 unspecified atom stereocenters. The summed E-state index contributed by atoms with van der Waals surface area (Å²) >= 11 is 0. The number of phosphoric acid groups is 1. The molecular formula is C56H100NO7P. The summed E-state index contributed by atoms with van der Waals surface area (Å²) in [5.74, 6) is -0.346. The Balaban J connectivity index is 4.20. The predicted molar refractivity (Wildman–Crippen MR) is 277 cm³/mol. The highest BCUT2D eigenvalue weighted by atomic mass is 31.2. The second-order valence-electron chi connectivity index (χ2n) is 18.5. The van der Waals surface area contributed by atoms with E-state index in [0.717, 1.165) is 83.5 Å². The van der Waals surface area contributed by atoms with Crippen LogP contribution in [0.4, 0.5) is 0 Å². The molecule has 0 aromatic rings. The summed E-state index contributed by atoms with van der Waals surface area (Å²) in [4.78, 5) is 25.2. The number of hydrogen-bond acceptors (Lipinski definition) is 7. The van der Waals surface area contributed by atoms with Gasteiger partial charge in [0.2, 0.25) is 0 Å². The standard InChI is InChI=1S/C56H100NO7P/c1-6-8-10-12-14-16-18-20-22-24-26-27-28-29-30-32-34-36-38-40-42-44-46-48-51-61-53-55(54-63-65(59,60)62-52-50-57(3,4)5)64-56(58)49-47-45-43-41-39-37-35-33-31-25-23-21-19-17-15-13-11-9-7-2/h8,10,14,16,20-23,26-27,29-30,34,36,55H,6-7,9,11-13,15,17-19,24-25,28,31-33,35,37-54H2,1-5H3/b10-8-,16-14-,22-20-,23-21-,27-26-,30-29-,36-34-. The highest BCUT2D eigenvalue weighted by Gasteiger charge is 2.20. The summed E-state index contributed by atoms with van der Waals surface area (Å²) < 4.78 is 34.7. The number of carbonyl (C=O) groups is 1. The van der Waals surface area contributed by atoms with Crippen LogP contribution in [0.3, 0.4) is 0 Å². The van der Waals surface area contributed by atoms with Gasteiger partial charge in [0.05, 0.1) is 34.4 Å². The smallest absolute Gasteiger partial charge is 0.306 e. The van der Waals surface area contributed by atoms with E-state index in [9.17, 15) is 14.3 Å². The molecule has 0 radical (unpaired) electrons. The fourth-order valence-electron chi connectivity index (χ4n) is 6.90. The Labute approximate surface area is 401 Å². The van der Waals surface area contributed by atoms with Crippen LogP contribution in [0.5, 0.6) is 0 Å². The van der Waals surface area contributed by atoms with Crippen LogP contribution >= 0.6 is 7.82 Å². The van der Waals surface area contributed by atoms with Gasteiger partial charge in [-0.2, -0.15) is 0 Å². The SMILES string of the molecule is CC/C=C\C/C=C\C/C=C\C/C=C\C/C=C\C/C=C\CCCCCCCOCC(COP(=O)([O-])OCC[N+](C)(C)C)OC(=O)CCCCCCCCCCC/C=C\CCCCCCCC. The fourth-order valence-corrected chi connectivity index (χ4v) is 7.63. The Kier molecular flexibility index (Phi) is 46.4. The molecule has 0 aliphatic carbocycles. The van der Waals surface area contributed by atoms with Gasteiger partial charge in [0, 0.05) is 13.0 Å². The molecule has 0 aromatic carbocycles. The number of ether oxygens (including phenoxy) is 2. The van der Waals surface area contributed by atoms with Gasteiger partial charge >= 0.3 is 5.97 Å². The van der Waals surface area contributed by atoms with Crippen molar-refractivity contribution >= 4 is 13.8 Å². The molecule has 65 heavy (non-hydrogen) atoms. The summed E-state index contributed by atoms with van der Waals surface area (Å²) in [6, 6.07) is 0. The minimum atomic E-state index is -4.54. The zero-order valence-electron chi connectivity index (χ0n) is 42.7. The van der Waals surface area contributed by atoms with Crippen molar-refractivity contribution < 1.29 is 37.3 Å². The van der Waals surface area contributed by atoms with Gasteiger partial charge in [-0.05, 0) is 89.9 Å². The third kappa shape index (κ3) is 52.5. The highest BCUT2D eigenvalue weighted by molar-refractivity contribution is 7.45. The minimum Gasteiger partial charge on any atom is -0.756 e. The quantitative estimate of drug-likeness (QED) is 0.0197. The van der Waals surface area contributed by atoms with Gasteiger partial charge in [0.15, 0.2) is 0 Å². The maximum absolute atomic E-state index is 12.8. The minimum absolute atomic E-state index is 0.0175. The maximum atomic E-state index is 12.8. The summed E-state index contributed by atoms with van der Waals surface area (Å²) in [7, 11) is 1.33. The van der Waals surface area contributed by atoms with Crippen molar-refractivity contribution in [3.05, 3.63) is 85.1 Å². The molecule has 0 saturated carbocycles. The average Bonchev–Trinajstić information content (AvgIpc) is 3.27. The third-order valence-corrected chi connectivity index (χ3v) is 11.9. The second kappa shape index (κ2) is 48.1. The molecule has 0 bridgehead atoms. The molecular weight excluding hydrogens is 830 g/mol. The molecule has 0 fully saturated rings. The maximum Gasteiger partial charge on any atom is 0.306 e. The van der Waals surface area contributed by atoms with Crippen molar-refractivity contribution in [3.63, 3.8) is 0 Å². The van der Waals surface area contributed by atoms with Crippen molar-refractivity contribution in [1.29, 1.82) is 0 Å². The molecule has 8 nitrogen and oxygen atoms in total. The lowest BCUT2D eigenvalue weighted by Crippen LogP contribution is -2.37. The molecule has 0 heterocycles. The molecule has 0 N–H and O–H groups in total. The topological polar surface area (TPSA) is 94.1 Å². The average molecular weight is 930 g/mol. The molecule has 0 spiro atoms. The first-order valence-electron chi connectivity index (χ1n) is 26.3. The fraction of sp³-hybridized carbons (Fsp3) is 0.732.